The Morgan fingerprint density at radius 1 is 1.26 bits per heavy atom. The number of hydrogen-bond acceptors (Lipinski definition) is 5. The molecule has 19 heavy (non-hydrogen) atoms. The maximum absolute atomic E-state index is 11.4. The van der Waals surface area contributed by atoms with Gasteiger partial charge in [-0.25, -0.2) is 4.89 Å². The topological polar surface area (TPSA) is 65.0 Å². The van der Waals surface area contributed by atoms with Gasteiger partial charge in [-0.15, -0.1) is 0 Å². The summed E-state index contributed by atoms with van der Waals surface area (Å²) in [5, 5.41) is 9.30. The van der Waals surface area contributed by atoms with E-state index >= 15 is 0 Å². The molecule has 0 saturated heterocycles. The highest BCUT2D eigenvalue weighted by Gasteiger charge is 2.24. The fourth-order valence-corrected chi connectivity index (χ4v) is 1.73. The zero-order chi connectivity index (χ0) is 14.9. The van der Waals surface area contributed by atoms with Gasteiger partial charge >= 0.3 is 5.97 Å². The highest BCUT2D eigenvalue weighted by atomic mass is 17.2. The summed E-state index contributed by atoms with van der Waals surface area (Å²) in [6.45, 7) is 8.97. The lowest BCUT2D eigenvalue weighted by Gasteiger charge is -2.26. The van der Waals surface area contributed by atoms with Crippen molar-refractivity contribution in [3.63, 3.8) is 0 Å². The number of hydrogen-bond donors (Lipinski definition) is 1. The maximum Gasteiger partial charge on any atom is 0.308 e. The highest BCUT2D eigenvalue weighted by molar-refractivity contribution is 5.69. The van der Waals surface area contributed by atoms with Crippen molar-refractivity contribution in [2.75, 3.05) is 0 Å². The van der Waals surface area contributed by atoms with E-state index in [1.165, 1.54) is 0 Å². The molecule has 0 rings (SSSR count). The number of aliphatic hydroxyl groups excluding tert-OH is 1. The standard InChI is InChI=1S/C14H28O5/c1-6-7-8-9-13(16)17-12(3)18-19-14(4,5)10-11(2)15/h11-12,15H,6-10H2,1-5H3. The second-order valence-corrected chi connectivity index (χ2v) is 5.51. The second-order valence-electron chi connectivity index (χ2n) is 5.51. The van der Waals surface area contributed by atoms with Crippen LogP contribution < -0.4 is 0 Å². The fourth-order valence-electron chi connectivity index (χ4n) is 1.73. The van der Waals surface area contributed by atoms with Crippen LogP contribution >= 0.6 is 0 Å². The summed E-state index contributed by atoms with van der Waals surface area (Å²) < 4.78 is 5.05. The van der Waals surface area contributed by atoms with Crippen molar-refractivity contribution in [3.8, 4) is 0 Å². The molecule has 0 aromatic carbocycles. The molecule has 2 atom stereocenters. The van der Waals surface area contributed by atoms with Crippen LogP contribution in [0.3, 0.4) is 0 Å². The van der Waals surface area contributed by atoms with E-state index in [2.05, 4.69) is 6.92 Å². The Morgan fingerprint density at radius 2 is 1.89 bits per heavy atom. The van der Waals surface area contributed by atoms with Crippen molar-refractivity contribution in [3.05, 3.63) is 0 Å². The minimum atomic E-state index is -0.748. The summed E-state index contributed by atoms with van der Waals surface area (Å²) in [6, 6.07) is 0. The minimum Gasteiger partial charge on any atom is -0.433 e. The van der Waals surface area contributed by atoms with Gasteiger partial charge in [-0.2, -0.15) is 4.89 Å². The summed E-state index contributed by atoms with van der Waals surface area (Å²) >= 11 is 0. The zero-order valence-corrected chi connectivity index (χ0v) is 12.8. The zero-order valence-electron chi connectivity index (χ0n) is 12.8. The molecule has 0 bridgehead atoms. The number of unbranched alkanes of at least 4 members (excludes halogenated alkanes) is 2. The van der Waals surface area contributed by atoms with Gasteiger partial charge in [-0.05, 0) is 27.2 Å². The van der Waals surface area contributed by atoms with Crippen LogP contribution in [0, 0.1) is 0 Å². The summed E-state index contributed by atoms with van der Waals surface area (Å²) in [6.07, 6.45) is 2.52. The summed E-state index contributed by atoms with van der Waals surface area (Å²) in [5.74, 6) is -0.280. The van der Waals surface area contributed by atoms with Gasteiger partial charge in [0.2, 0.25) is 6.29 Å². The predicted octanol–water partition coefficient (Wildman–Crippen LogP) is 2.95. The largest absolute Gasteiger partial charge is 0.433 e. The van der Waals surface area contributed by atoms with Crippen molar-refractivity contribution in [2.45, 2.75) is 84.7 Å². The molecular weight excluding hydrogens is 248 g/mol. The lowest BCUT2D eigenvalue weighted by Crippen LogP contribution is -2.31. The number of carbonyl (C=O) groups excluding carboxylic acids is 1. The van der Waals surface area contributed by atoms with E-state index in [1.807, 2.05) is 0 Å². The minimum absolute atomic E-state index is 0.280. The van der Waals surface area contributed by atoms with Crippen molar-refractivity contribution in [1.29, 1.82) is 0 Å². The molecule has 1 N–H and O–H groups in total. The second kappa shape index (κ2) is 9.28. The number of carbonyl (C=O) groups is 1. The quantitative estimate of drug-likeness (QED) is 0.218. The molecule has 0 aliphatic heterocycles. The number of rotatable bonds is 10. The molecule has 0 radical (unpaired) electrons. The Hall–Kier alpha value is -0.650. The molecule has 114 valence electrons. The fraction of sp³-hybridized carbons (Fsp3) is 0.929. The van der Waals surface area contributed by atoms with Crippen LogP contribution in [-0.2, 0) is 19.3 Å². The molecule has 0 amide bonds. The predicted molar refractivity (Wildman–Crippen MR) is 72.2 cm³/mol. The monoisotopic (exact) mass is 276 g/mol. The summed E-state index contributed by atoms with van der Waals surface area (Å²) in [4.78, 5) is 21.7. The third-order valence-electron chi connectivity index (χ3n) is 2.48. The number of ether oxygens (including phenoxy) is 1. The molecule has 0 aliphatic carbocycles. The van der Waals surface area contributed by atoms with E-state index in [1.54, 1.807) is 27.7 Å². The number of aliphatic hydroxyl groups is 1. The summed E-state index contributed by atoms with van der Waals surface area (Å²) in [7, 11) is 0. The van der Waals surface area contributed by atoms with E-state index in [0.717, 1.165) is 19.3 Å². The van der Waals surface area contributed by atoms with Crippen molar-refractivity contribution < 1.29 is 24.4 Å². The summed E-state index contributed by atoms with van der Waals surface area (Å²) in [5.41, 5.74) is -0.628. The van der Waals surface area contributed by atoms with Crippen molar-refractivity contribution >= 4 is 5.97 Å². The van der Waals surface area contributed by atoms with E-state index < -0.39 is 18.0 Å². The van der Waals surface area contributed by atoms with Gasteiger partial charge in [0.25, 0.3) is 0 Å². The first-order chi connectivity index (χ1) is 8.76. The van der Waals surface area contributed by atoms with Gasteiger partial charge in [0.1, 0.15) is 5.60 Å². The van der Waals surface area contributed by atoms with E-state index in [0.29, 0.717) is 12.8 Å². The normalized spacial score (nSPS) is 15.1. The van der Waals surface area contributed by atoms with Crippen LogP contribution in [-0.4, -0.2) is 29.1 Å². The molecule has 0 heterocycles. The molecule has 2 unspecified atom stereocenters. The molecule has 5 heteroatoms. The average molecular weight is 276 g/mol. The van der Waals surface area contributed by atoms with E-state index in [9.17, 15) is 9.90 Å². The van der Waals surface area contributed by atoms with E-state index in [4.69, 9.17) is 14.5 Å². The molecule has 0 saturated carbocycles. The van der Waals surface area contributed by atoms with Gasteiger partial charge in [0, 0.05) is 19.8 Å². The van der Waals surface area contributed by atoms with Crippen LogP contribution in [0.2, 0.25) is 0 Å². The van der Waals surface area contributed by atoms with Crippen molar-refractivity contribution in [1.82, 2.24) is 0 Å². The molecule has 0 aliphatic rings. The Labute approximate surface area is 116 Å². The molecule has 0 aromatic rings. The lowest BCUT2D eigenvalue weighted by atomic mass is 10.0. The third-order valence-corrected chi connectivity index (χ3v) is 2.48. The van der Waals surface area contributed by atoms with E-state index in [-0.39, 0.29) is 5.97 Å². The Morgan fingerprint density at radius 3 is 2.42 bits per heavy atom. The first-order valence-corrected chi connectivity index (χ1v) is 6.99. The van der Waals surface area contributed by atoms with Gasteiger partial charge in [0.05, 0.1) is 6.10 Å². The molecule has 0 fully saturated rings. The maximum atomic E-state index is 11.4. The van der Waals surface area contributed by atoms with Gasteiger partial charge in [-0.1, -0.05) is 19.8 Å². The molecular formula is C14H28O5. The highest BCUT2D eigenvalue weighted by Crippen LogP contribution is 2.18. The smallest absolute Gasteiger partial charge is 0.308 e. The van der Waals surface area contributed by atoms with Crippen LogP contribution in [0.1, 0.15) is 66.7 Å². The average Bonchev–Trinajstić information content (AvgIpc) is 2.25. The molecule has 0 aromatic heterocycles. The van der Waals surface area contributed by atoms with Crippen LogP contribution in [0.4, 0.5) is 0 Å². The Bertz CT molecular complexity index is 250. The Kier molecular flexibility index (Phi) is 8.97. The van der Waals surface area contributed by atoms with Gasteiger partial charge in [-0.3, -0.25) is 4.79 Å². The van der Waals surface area contributed by atoms with Crippen LogP contribution in [0.5, 0.6) is 0 Å². The Balaban J connectivity index is 3.85. The molecule has 5 nitrogen and oxygen atoms in total. The first-order valence-electron chi connectivity index (χ1n) is 6.99. The number of esters is 1. The van der Waals surface area contributed by atoms with Crippen molar-refractivity contribution in [2.24, 2.45) is 0 Å². The van der Waals surface area contributed by atoms with Crippen LogP contribution in [0.25, 0.3) is 0 Å². The van der Waals surface area contributed by atoms with Gasteiger partial charge < -0.3 is 9.84 Å². The van der Waals surface area contributed by atoms with Gasteiger partial charge in [0.15, 0.2) is 0 Å². The first kappa shape index (κ1) is 18.4. The lowest BCUT2D eigenvalue weighted by molar-refractivity contribution is -0.411. The SMILES string of the molecule is CCCCCC(=O)OC(C)OOC(C)(C)CC(C)O. The molecule has 0 spiro atoms. The van der Waals surface area contributed by atoms with Crippen LogP contribution in [0.15, 0.2) is 0 Å². The third kappa shape index (κ3) is 10.9.